The number of aromatic nitrogens is 2. The normalized spacial score (nSPS) is 14.2. The zero-order valence-corrected chi connectivity index (χ0v) is 11.0. The lowest BCUT2D eigenvalue weighted by Gasteiger charge is -2.14. The first-order valence-corrected chi connectivity index (χ1v) is 6.90. The van der Waals surface area contributed by atoms with Gasteiger partial charge >= 0.3 is 0 Å². The predicted molar refractivity (Wildman–Crippen MR) is 68.6 cm³/mol. The maximum Gasteiger partial charge on any atom is 0.224 e. The Kier molecular flexibility index (Phi) is 4.95. The summed E-state index contributed by atoms with van der Waals surface area (Å²) >= 11 is 5.94. The van der Waals surface area contributed by atoms with Gasteiger partial charge in [-0.3, -0.25) is 4.21 Å². The highest BCUT2D eigenvalue weighted by molar-refractivity contribution is 7.84. The lowest BCUT2D eigenvalue weighted by atomic mass is 10.4. The number of nitrogens with zero attached hydrogens (tertiary/aromatic N) is 2. The Balaban J connectivity index is 2.75. The van der Waals surface area contributed by atoms with E-state index in [0.29, 0.717) is 22.5 Å². The number of nitrogens with one attached hydrogen (secondary N) is 2. The van der Waals surface area contributed by atoms with E-state index in [2.05, 4.69) is 20.6 Å². The summed E-state index contributed by atoms with van der Waals surface area (Å²) in [5.74, 6) is 1.60. The monoisotopic (exact) mass is 262 g/mol. The molecule has 1 heterocycles. The van der Waals surface area contributed by atoms with Crippen LogP contribution in [-0.4, -0.2) is 39.3 Å². The highest BCUT2D eigenvalue weighted by Gasteiger charge is 2.09. The summed E-state index contributed by atoms with van der Waals surface area (Å²) in [5.41, 5.74) is 0. The highest BCUT2D eigenvalue weighted by atomic mass is 35.5. The van der Waals surface area contributed by atoms with Crippen LogP contribution in [0.1, 0.15) is 6.92 Å². The average molecular weight is 263 g/mol. The molecule has 0 spiro atoms. The van der Waals surface area contributed by atoms with Crippen molar-refractivity contribution in [2.24, 2.45) is 0 Å². The van der Waals surface area contributed by atoms with Gasteiger partial charge < -0.3 is 10.6 Å². The number of rotatable bonds is 5. The fourth-order valence-corrected chi connectivity index (χ4v) is 2.15. The molecule has 0 aromatic carbocycles. The Labute approximate surface area is 102 Å². The van der Waals surface area contributed by atoms with Gasteiger partial charge in [-0.05, 0) is 6.92 Å². The van der Waals surface area contributed by atoms with Crippen LogP contribution in [0.25, 0.3) is 0 Å². The van der Waals surface area contributed by atoms with Crippen LogP contribution in [-0.2, 0) is 10.8 Å². The number of hydrogen-bond donors (Lipinski definition) is 2. The van der Waals surface area contributed by atoms with Crippen molar-refractivity contribution in [1.82, 2.24) is 9.97 Å². The Morgan fingerprint density at radius 1 is 1.62 bits per heavy atom. The van der Waals surface area contributed by atoms with Crippen LogP contribution >= 0.6 is 11.6 Å². The second kappa shape index (κ2) is 6.00. The third kappa shape index (κ3) is 3.94. The van der Waals surface area contributed by atoms with Crippen LogP contribution in [0.3, 0.4) is 0 Å². The zero-order valence-electron chi connectivity index (χ0n) is 9.45. The fraction of sp³-hybridized carbons (Fsp3) is 0.556. The molecule has 0 aliphatic rings. The van der Waals surface area contributed by atoms with Crippen molar-refractivity contribution in [2.75, 3.05) is 29.7 Å². The molecule has 0 aliphatic heterocycles. The van der Waals surface area contributed by atoms with E-state index in [-0.39, 0.29) is 6.04 Å². The largest absolute Gasteiger partial charge is 0.365 e. The smallest absolute Gasteiger partial charge is 0.224 e. The van der Waals surface area contributed by atoms with Crippen molar-refractivity contribution >= 4 is 34.2 Å². The summed E-state index contributed by atoms with van der Waals surface area (Å²) in [6, 6.07) is 0.0444. The summed E-state index contributed by atoms with van der Waals surface area (Å²) < 4.78 is 11.0. The van der Waals surface area contributed by atoms with E-state index >= 15 is 0 Å². The molecule has 1 aromatic heterocycles. The average Bonchev–Trinajstić information content (AvgIpc) is 2.20. The van der Waals surface area contributed by atoms with Crippen LogP contribution < -0.4 is 10.6 Å². The number of anilines is 2. The maximum absolute atomic E-state index is 11.0. The standard InChI is InChI=1S/C9H15ClN4OS/c1-6(5-16(3)15)13-8-7(10)4-12-9(11-2)14-8/h4,6H,5H2,1-3H3,(H2,11,12,13,14). The lowest BCUT2D eigenvalue weighted by Crippen LogP contribution is -2.23. The minimum absolute atomic E-state index is 0.0444. The molecule has 0 amide bonds. The Bertz CT molecular complexity index is 388. The highest BCUT2D eigenvalue weighted by Crippen LogP contribution is 2.19. The first-order valence-electron chi connectivity index (χ1n) is 4.79. The first kappa shape index (κ1) is 13.2. The van der Waals surface area contributed by atoms with Gasteiger partial charge in [0.05, 0.1) is 6.20 Å². The molecule has 0 fully saturated rings. The number of halogens is 1. The SMILES string of the molecule is CNc1ncc(Cl)c(NC(C)CS(C)=O)n1. The van der Waals surface area contributed by atoms with Crippen molar-refractivity contribution in [3.63, 3.8) is 0 Å². The molecule has 7 heteroatoms. The molecule has 1 rings (SSSR count). The zero-order chi connectivity index (χ0) is 12.1. The summed E-state index contributed by atoms with van der Waals surface area (Å²) in [6.45, 7) is 1.93. The molecule has 90 valence electrons. The number of hydrogen-bond acceptors (Lipinski definition) is 5. The molecule has 2 unspecified atom stereocenters. The summed E-state index contributed by atoms with van der Waals surface area (Å²) in [5, 5.41) is 6.38. The molecule has 5 nitrogen and oxygen atoms in total. The van der Waals surface area contributed by atoms with Gasteiger partial charge in [-0.2, -0.15) is 4.98 Å². The van der Waals surface area contributed by atoms with E-state index < -0.39 is 10.8 Å². The van der Waals surface area contributed by atoms with Gasteiger partial charge in [0.2, 0.25) is 5.95 Å². The van der Waals surface area contributed by atoms with Gasteiger partial charge in [0.1, 0.15) is 5.02 Å². The van der Waals surface area contributed by atoms with Gasteiger partial charge in [-0.1, -0.05) is 11.6 Å². The van der Waals surface area contributed by atoms with Crippen LogP contribution in [0, 0.1) is 0 Å². The molecule has 0 saturated carbocycles. The minimum Gasteiger partial charge on any atom is -0.365 e. The van der Waals surface area contributed by atoms with Crippen molar-refractivity contribution in [3.8, 4) is 0 Å². The van der Waals surface area contributed by atoms with Gasteiger partial charge in [0, 0.05) is 35.9 Å². The Morgan fingerprint density at radius 3 is 2.88 bits per heavy atom. The van der Waals surface area contributed by atoms with Gasteiger partial charge in [0.25, 0.3) is 0 Å². The van der Waals surface area contributed by atoms with Crippen LogP contribution in [0.2, 0.25) is 5.02 Å². The van der Waals surface area contributed by atoms with Crippen LogP contribution in [0.4, 0.5) is 11.8 Å². The molecule has 0 bridgehead atoms. The predicted octanol–water partition coefficient (Wildman–Crippen LogP) is 1.35. The van der Waals surface area contributed by atoms with Gasteiger partial charge in [0.15, 0.2) is 5.82 Å². The maximum atomic E-state index is 11.0. The van der Waals surface area contributed by atoms with E-state index in [1.54, 1.807) is 13.3 Å². The van der Waals surface area contributed by atoms with E-state index in [4.69, 9.17) is 11.6 Å². The minimum atomic E-state index is -0.848. The lowest BCUT2D eigenvalue weighted by molar-refractivity contribution is 0.683. The molecule has 0 radical (unpaired) electrons. The molecule has 2 N–H and O–H groups in total. The molecule has 0 saturated heterocycles. The van der Waals surface area contributed by atoms with E-state index in [1.807, 2.05) is 6.92 Å². The summed E-state index contributed by atoms with van der Waals surface area (Å²) in [6.07, 6.45) is 3.19. The molecular weight excluding hydrogens is 248 g/mol. The topological polar surface area (TPSA) is 66.9 Å². The van der Waals surface area contributed by atoms with Crippen LogP contribution in [0.15, 0.2) is 6.20 Å². The molecule has 2 atom stereocenters. The van der Waals surface area contributed by atoms with Crippen molar-refractivity contribution < 1.29 is 4.21 Å². The van der Waals surface area contributed by atoms with Crippen molar-refractivity contribution in [1.29, 1.82) is 0 Å². The van der Waals surface area contributed by atoms with Crippen LogP contribution in [0.5, 0.6) is 0 Å². The fourth-order valence-electron chi connectivity index (χ4n) is 1.22. The Hall–Kier alpha value is -0.880. The Morgan fingerprint density at radius 2 is 2.31 bits per heavy atom. The molecule has 16 heavy (non-hydrogen) atoms. The van der Waals surface area contributed by atoms with Crippen molar-refractivity contribution in [2.45, 2.75) is 13.0 Å². The molecule has 1 aromatic rings. The first-order chi connectivity index (χ1) is 7.52. The summed E-state index contributed by atoms with van der Waals surface area (Å²) in [7, 11) is 0.886. The van der Waals surface area contributed by atoms with E-state index in [1.165, 1.54) is 6.20 Å². The quantitative estimate of drug-likeness (QED) is 0.839. The molecular formula is C9H15ClN4OS. The second-order valence-electron chi connectivity index (χ2n) is 3.43. The molecule has 0 aliphatic carbocycles. The third-order valence-corrected chi connectivity index (χ3v) is 3.08. The van der Waals surface area contributed by atoms with Crippen molar-refractivity contribution in [3.05, 3.63) is 11.2 Å². The van der Waals surface area contributed by atoms with Gasteiger partial charge in [-0.15, -0.1) is 0 Å². The van der Waals surface area contributed by atoms with E-state index in [9.17, 15) is 4.21 Å². The summed E-state index contributed by atoms with van der Waals surface area (Å²) in [4.78, 5) is 8.15. The second-order valence-corrected chi connectivity index (χ2v) is 5.31. The van der Waals surface area contributed by atoms with Gasteiger partial charge in [-0.25, -0.2) is 4.98 Å². The third-order valence-electron chi connectivity index (χ3n) is 1.84. The van der Waals surface area contributed by atoms with E-state index in [0.717, 1.165) is 0 Å².